The average Bonchev–Trinajstić information content (AvgIpc) is 3.21. The van der Waals surface area contributed by atoms with Crippen LogP contribution in [0.5, 0.6) is 5.75 Å². The Bertz CT molecular complexity index is 969. The van der Waals surface area contributed by atoms with Crippen molar-refractivity contribution < 1.29 is 4.74 Å². The fourth-order valence-electron chi connectivity index (χ4n) is 3.62. The fraction of sp³-hybridized carbons (Fsp3) is 0.238. The molecule has 1 saturated heterocycles. The van der Waals surface area contributed by atoms with Crippen molar-refractivity contribution >= 4 is 23.0 Å². The SMILES string of the molecule is COc1cccc(N2C(=S)N[C@H](c3ccccn3)[C@H]2c2ccc(C)n2C)c1. The number of benzene rings is 1. The van der Waals surface area contributed by atoms with Crippen molar-refractivity contribution in [3.05, 3.63) is 77.9 Å². The molecule has 0 unspecified atom stereocenters. The van der Waals surface area contributed by atoms with Crippen LogP contribution >= 0.6 is 12.2 Å². The Labute approximate surface area is 164 Å². The molecule has 4 rings (SSSR count). The lowest BCUT2D eigenvalue weighted by atomic mass is 10.0. The molecule has 2 atom stereocenters. The number of thiocarbonyl (C=S) groups is 1. The number of pyridine rings is 1. The molecule has 0 bridgehead atoms. The summed E-state index contributed by atoms with van der Waals surface area (Å²) >= 11 is 5.74. The Balaban J connectivity index is 1.85. The molecule has 5 nitrogen and oxygen atoms in total. The normalized spacial score (nSPS) is 19.2. The second kappa shape index (κ2) is 7.04. The average molecular weight is 379 g/mol. The number of rotatable bonds is 4. The van der Waals surface area contributed by atoms with Crippen LogP contribution in [-0.4, -0.2) is 21.8 Å². The quantitative estimate of drug-likeness (QED) is 0.697. The maximum Gasteiger partial charge on any atom is 0.174 e. The van der Waals surface area contributed by atoms with Gasteiger partial charge in [-0.25, -0.2) is 0 Å². The van der Waals surface area contributed by atoms with E-state index in [1.54, 1.807) is 7.11 Å². The number of methoxy groups -OCH3 is 1. The first-order valence-corrected chi connectivity index (χ1v) is 9.28. The minimum atomic E-state index is -0.0436. The van der Waals surface area contributed by atoms with Crippen molar-refractivity contribution in [1.29, 1.82) is 0 Å². The number of aromatic nitrogens is 2. The maximum atomic E-state index is 5.74. The number of nitrogens with zero attached hydrogens (tertiary/aromatic N) is 3. The van der Waals surface area contributed by atoms with Crippen LogP contribution in [0.15, 0.2) is 60.8 Å². The standard InChI is InChI=1S/C21H22N4OS/c1-14-10-11-18(24(14)2)20-19(17-9-4-5-12-22-17)23-21(27)25(20)15-7-6-8-16(13-15)26-3/h4-13,19-20H,1-3H3,(H,23,27)/t19-,20-/m1/s1. The van der Waals surface area contributed by atoms with Gasteiger partial charge in [0.05, 0.1) is 18.8 Å². The van der Waals surface area contributed by atoms with Crippen molar-refractivity contribution in [1.82, 2.24) is 14.9 Å². The van der Waals surface area contributed by atoms with Gasteiger partial charge >= 0.3 is 0 Å². The van der Waals surface area contributed by atoms with Gasteiger partial charge < -0.3 is 19.5 Å². The summed E-state index contributed by atoms with van der Waals surface area (Å²) < 4.78 is 7.63. The highest BCUT2D eigenvalue weighted by atomic mass is 32.1. The van der Waals surface area contributed by atoms with Gasteiger partial charge in [0.15, 0.2) is 5.11 Å². The zero-order chi connectivity index (χ0) is 19.0. The second-order valence-corrected chi connectivity index (χ2v) is 7.04. The van der Waals surface area contributed by atoms with Gasteiger partial charge in [0.1, 0.15) is 11.8 Å². The van der Waals surface area contributed by atoms with Gasteiger partial charge in [-0.2, -0.15) is 0 Å². The van der Waals surface area contributed by atoms with Gasteiger partial charge in [0, 0.05) is 36.4 Å². The van der Waals surface area contributed by atoms with Crippen molar-refractivity contribution in [3.8, 4) is 5.75 Å². The van der Waals surface area contributed by atoms with E-state index < -0.39 is 0 Å². The molecule has 3 aromatic rings. The van der Waals surface area contributed by atoms with Crippen molar-refractivity contribution in [2.24, 2.45) is 7.05 Å². The van der Waals surface area contributed by atoms with E-state index in [0.29, 0.717) is 5.11 Å². The van der Waals surface area contributed by atoms with Gasteiger partial charge in [0.25, 0.3) is 0 Å². The van der Waals surface area contributed by atoms with Crippen LogP contribution in [-0.2, 0) is 7.05 Å². The van der Waals surface area contributed by atoms with Crippen molar-refractivity contribution in [3.63, 3.8) is 0 Å². The van der Waals surface area contributed by atoms with E-state index in [0.717, 1.165) is 17.1 Å². The largest absolute Gasteiger partial charge is 0.497 e. The van der Waals surface area contributed by atoms with Crippen LogP contribution in [0.2, 0.25) is 0 Å². The maximum absolute atomic E-state index is 5.74. The minimum absolute atomic E-state index is 0.0155. The third kappa shape index (κ3) is 3.06. The summed E-state index contributed by atoms with van der Waals surface area (Å²) in [5.41, 5.74) is 4.34. The van der Waals surface area contributed by atoms with E-state index >= 15 is 0 Å². The number of nitrogens with one attached hydrogen (secondary N) is 1. The summed E-state index contributed by atoms with van der Waals surface area (Å²) in [7, 11) is 3.76. The lowest BCUT2D eigenvalue weighted by Gasteiger charge is -2.28. The molecular weight excluding hydrogens is 356 g/mol. The molecular formula is C21H22N4OS. The summed E-state index contributed by atoms with van der Waals surface area (Å²) in [6, 6.07) is 18.2. The molecule has 0 amide bonds. The lowest BCUT2D eigenvalue weighted by Crippen LogP contribution is -2.30. The Morgan fingerprint density at radius 1 is 1.11 bits per heavy atom. The zero-order valence-corrected chi connectivity index (χ0v) is 16.4. The molecule has 6 heteroatoms. The van der Waals surface area contributed by atoms with Crippen molar-refractivity contribution in [2.75, 3.05) is 12.0 Å². The van der Waals surface area contributed by atoms with Crippen LogP contribution in [0.3, 0.4) is 0 Å². The summed E-state index contributed by atoms with van der Waals surface area (Å²) in [4.78, 5) is 6.75. The van der Waals surface area contributed by atoms with Crippen LogP contribution in [0.1, 0.15) is 29.2 Å². The molecule has 0 radical (unpaired) electrons. The highest BCUT2D eigenvalue weighted by molar-refractivity contribution is 7.80. The Kier molecular flexibility index (Phi) is 4.58. The van der Waals surface area contributed by atoms with Crippen LogP contribution < -0.4 is 15.0 Å². The summed E-state index contributed by atoms with van der Waals surface area (Å²) in [5.74, 6) is 0.804. The Hall–Kier alpha value is -2.86. The number of hydrogen-bond acceptors (Lipinski definition) is 3. The monoisotopic (exact) mass is 378 g/mol. The molecule has 2 aromatic heterocycles. The smallest absolute Gasteiger partial charge is 0.174 e. The van der Waals surface area contributed by atoms with Crippen LogP contribution in [0.4, 0.5) is 5.69 Å². The lowest BCUT2D eigenvalue weighted by molar-refractivity contribution is 0.414. The number of hydrogen-bond donors (Lipinski definition) is 1. The molecule has 0 saturated carbocycles. The highest BCUT2D eigenvalue weighted by Crippen LogP contribution is 2.42. The van der Waals surface area contributed by atoms with Gasteiger partial charge in [0.2, 0.25) is 0 Å². The van der Waals surface area contributed by atoms with Gasteiger partial charge in [-0.1, -0.05) is 12.1 Å². The van der Waals surface area contributed by atoms with E-state index in [1.165, 1.54) is 11.4 Å². The van der Waals surface area contributed by atoms with Crippen LogP contribution in [0.25, 0.3) is 0 Å². The number of ether oxygens (including phenoxy) is 1. The molecule has 1 fully saturated rings. The first kappa shape index (κ1) is 17.5. The zero-order valence-electron chi connectivity index (χ0n) is 15.6. The summed E-state index contributed by atoms with van der Waals surface area (Å²) in [6.07, 6.45) is 1.82. The van der Waals surface area contributed by atoms with E-state index in [1.807, 2.05) is 42.6 Å². The highest BCUT2D eigenvalue weighted by Gasteiger charge is 2.42. The molecule has 1 aromatic carbocycles. The molecule has 138 valence electrons. The molecule has 27 heavy (non-hydrogen) atoms. The van der Waals surface area contributed by atoms with Gasteiger partial charge in [-0.05, 0) is 55.5 Å². The molecule has 0 aliphatic carbocycles. The molecule has 1 aliphatic rings. The van der Waals surface area contributed by atoms with Crippen LogP contribution in [0, 0.1) is 6.92 Å². The molecule has 3 heterocycles. The first-order chi connectivity index (χ1) is 13.1. The fourth-order valence-corrected chi connectivity index (χ4v) is 3.97. The predicted molar refractivity (Wildman–Crippen MR) is 111 cm³/mol. The molecule has 1 aliphatic heterocycles. The number of aryl methyl sites for hydroxylation is 1. The second-order valence-electron chi connectivity index (χ2n) is 6.66. The van der Waals surface area contributed by atoms with E-state index in [2.05, 4.69) is 51.9 Å². The van der Waals surface area contributed by atoms with Gasteiger partial charge in [-0.3, -0.25) is 4.98 Å². The molecule has 0 spiro atoms. The Morgan fingerprint density at radius 2 is 1.96 bits per heavy atom. The minimum Gasteiger partial charge on any atom is -0.497 e. The topological polar surface area (TPSA) is 42.3 Å². The summed E-state index contributed by atoms with van der Waals surface area (Å²) in [6.45, 7) is 2.11. The third-order valence-corrected chi connectivity index (χ3v) is 5.46. The van der Waals surface area contributed by atoms with Gasteiger partial charge in [-0.15, -0.1) is 0 Å². The third-order valence-electron chi connectivity index (χ3n) is 5.14. The van der Waals surface area contributed by atoms with E-state index in [-0.39, 0.29) is 12.1 Å². The van der Waals surface area contributed by atoms with Crippen molar-refractivity contribution in [2.45, 2.75) is 19.0 Å². The predicted octanol–water partition coefficient (Wildman–Crippen LogP) is 3.91. The molecule has 1 N–H and O–H groups in total. The Morgan fingerprint density at radius 3 is 2.63 bits per heavy atom. The van der Waals surface area contributed by atoms with E-state index in [4.69, 9.17) is 17.0 Å². The first-order valence-electron chi connectivity index (χ1n) is 8.87. The number of anilines is 1. The summed E-state index contributed by atoms with van der Waals surface area (Å²) in [5, 5.41) is 4.17. The van der Waals surface area contributed by atoms with E-state index in [9.17, 15) is 0 Å².